The molecule has 5 heteroatoms. The van der Waals surface area contributed by atoms with E-state index in [1.807, 2.05) is 6.92 Å². The third kappa shape index (κ3) is 3.79. The zero-order valence-electron chi connectivity index (χ0n) is 11.6. The number of nitrogens with one attached hydrogen (secondary N) is 2. The van der Waals surface area contributed by atoms with E-state index in [9.17, 15) is 9.59 Å². The third-order valence-electron chi connectivity index (χ3n) is 3.00. The lowest BCUT2D eigenvalue weighted by atomic mass is 10.1. The fraction of sp³-hybridized carbons (Fsp3) is 0.429. The molecule has 4 N–H and O–H groups in total. The molecule has 5 nitrogen and oxygen atoms in total. The van der Waals surface area contributed by atoms with Gasteiger partial charge in [0.2, 0.25) is 5.91 Å². The summed E-state index contributed by atoms with van der Waals surface area (Å²) in [5.74, 6) is -0.398. The Bertz CT molecular complexity index is 472. The standard InChI is InChI=1S/C14H21N3O2/c1-4-6-11(15)14(19)17-12-8-5-7-10(9(12)2)13(18)16-3/h5,7-8,11H,4,6,15H2,1-3H3,(H,16,18)(H,17,19)/t11-/m1/s1. The van der Waals surface area contributed by atoms with Gasteiger partial charge < -0.3 is 16.4 Å². The third-order valence-corrected chi connectivity index (χ3v) is 3.00. The first-order valence-electron chi connectivity index (χ1n) is 6.39. The van der Waals surface area contributed by atoms with E-state index >= 15 is 0 Å². The summed E-state index contributed by atoms with van der Waals surface area (Å²) in [5.41, 5.74) is 7.66. The Balaban J connectivity index is 2.90. The molecule has 19 heavy (non-hydrogen) atoms. The molecule has 0 bridgehead atoms. The Kier molecular flexibility index (Phi) is 5.51. The summed E-state index contributed by atoms with van der Waals surface area (Å²) in [6.45, 7) is 3.77. The van der Waals surface area contributed by atoms with Crippen LogP contribution < -0.4 is 16.4 Å². The van der Waals surface area contributed by atoms with Gasteiger partial charge in [0.1, 0.15) is 0 Å². The van der Waals surface area contributed by atoms with Crippen molar-refractivity contribution in [2.75, 3.05) is 12.4 Å². The van der Waals surface area contributed by atoms with Gasteiger partial charge in [-0.2, -0.15) is 0 Å². The highest BCUT2D eigenvalue weighted by molar-refractivity contribution is 6.00. The van der Waals surface area contributed by atoms with E-state index in [0.717, 1.165) is 12.0 Å². The van der Waals surface area contributed by atoms with E-state index in [1.54, 1.807) is 32.2 Å². The average Bonchev–Trinajstić information content (AvgIpc) is 2.40. The van der Waals surface area contributed by atoms with E-state index < -0.39 is 6.04 Å². The van der Waals surface area contributed by atoms with Crippen LogP contribution in [0.15, 0.2) is 18.2 Å². The number of rotatable bonds is 5. The molecule has 0 radical (unpaired) electrons. The predicted molar refractivity (Wildman–Crippen MR) is 76.1 cm³/mol. The lowest BCUT2D eigenvalue weighted by Gasteiger charge is -2.14. The molecule has 2 amide bonds. The van der Waals surface area contributed by atoms with Crippen LogP contribution in [0.4, 0.5) is 5.69 Å². The summed E-state index contributed by atoms with van der Waals surface area (Å²) in [6, 6.07) is 4.69. The average molecular weight is 263 g/mol. The van der Waals surface area contributed by atoms with Gasteiger partial charge in [0.25, 0.3) is 5.91 Å². The van der Waals surface area contributed by atoms with Crippen molar-refractivity contribution in [2.24, 2.45) is 5.73 Å². The summed E-state index contributed by atoms with van der Waals surface area (Å²) in [4.78, 5) is 23.5. The molecule has 0 saturated heterocycles. The molecule has 0 spiro atoms. The van der Waals surface area contributed by atoms with Crippen LogP contribution in [0.1, 0.15) is 35.7 Å². The van der Waals surface area contributed by atoms with Crippen LogP contribution in [-0.4, -0.2) is 24.9 Å². The van der Waals surface area contributed by atoms with Crippen LogP contribution >= 0.6 is 0 Å². The van der Waals surface area contributed by atoms with Gasteiger partial charge >= 0.3 is 0 Å². The summed E-state index contributed by atoms with van der Waals surface area (Å²) in [7, 11) is 1.57. The number of carbonyl (C=O) groups excluding carboxylic acids is 2. The van der Waals surface area contributed by atoms with E-state index in [-0.39, 0.29) is 11.8 Å². The highest BCUT2D eigenvalue weighted by Crippen LogP contribution is 2.19. The molecule has 0 heterocycles. The molecule has 1 aromatic rings. The number of amides is 2. The second-order valence-corrected chi connectivity index (χ2v) is 4.44. The SMILES string of the molecule is CCC[C@@H](N)C(=O)Nc1cccc(C(=O)NC)c1C. The van der Waals surface area contributed by atoms with Crippen molar-refractivity contribution in [2.45, 2.75) is 32.7 Å². The summed E-state index contributed by atoms with van der Waals surface area (Å²) < 4.78 is 0. The maximum absolute atomic E-state index is 11.9. The second kappa shape index (κ2) is 6.89. The molecule has 0 saturated carbocycles. The van der Waals surface area contributed by atoms with Gasteiger partial charge in [0.15, 0.2) is 0 Å². The topological polar surface area (TPSA) is 84.2 Å². The van der Waals surface area contributed by atoms with Gasteiger partial charge in [0.05, 0.1) is 6.04 Å². The molecule has 0 fully saturated rings. The first kappa shape index (κ1) is 15.2. The van der Waals surface area contributed by atoms with Crippen molar-refractivity contribution in [3.63, 3.8) is 0 Å². The molecular formula is C14H21N3O2. The Morgan fingerprint density at radius 1 is 1.37 bits per heavy atom. The van der Waals surface area contributed by atoms with E-state index in [0.29, 0.717) is 17.7 Å². The Morgan fingerprint density at radius 3 is 2.63 bits per heavy atom. The van der Waals surface area contributed by atoms with Crippen molar-refractivity contribution in [1.82, 2.24) is 5.32 Å². The molecule has 1 aromatic carbocycles. The smallest absolute Gasteiger partial charge is 0.251 e. The Morgan fingerprint density at radius 2 is 2.05 bits per heavy atom. The quantitative estimate of drug-likeness (QED) is 0.751. The van der Waals surface area contributed by atoms with Gasteiger partial charge in [0, 0.05) is 18.3 Å². The Labute approximate surface area is 113 Å². The van der Waals surface area contributed by atoms with Crippen LogP contribution in [0.25, 0.3) is 0 Å². The van der Waals surface area contributed by atoms with E-state index in [4.69, 9.17) is 5.73 Å². The molecule has 0 aliphatic carbocycles. The number of hydrogen-bond acceptors (Lipinski definition) is 3. The number of carbonyl (C=O) groups is 2. The van der Waals surface area contributed by atoms with Crippen molar-refractivity contribution in [3.05, 3.63) is 29.3 Å². The first-order valence-corrected chi connectivity index (χ1v) is 6.39. The summed E-state index contributed by atoms with van der Waals surface area (Å²) in [5, 5.41) is 5.34. The number of benzene rings is 1. The molecule has 0 unspecified atom stereocenters. The van der Waals surface area contributed by atoms with Crippen molar-refractivity contribution < 1.29 is 9.59 Å². The van der Waals surface area contributed by atoms with E-state index in [1.165, 1.54) is 0 Å². The maximum Gasteiger partial charge on any atom is 0.251 e. The fourth-order valence-corrected chi connectivity index (χ4v) is 1.82. The minimum absolute atomic E-state index is 0.175. The summed E-state index contributed by atoms with van der Waals surface area (Å²) in [6.07, 6.45) is 1.49. The van der Waals surface area contributed by atoms with Crippen molar-refractivity contribution in [1.29, 1.82) is 0 Å². The van der Waals surface area contributed by atoms with Crippen LogP contribution in [-0.2, 0) is 4.79 Å². The van der Waals surface area contributed by atoms with Crippen LogP contribution in [0, 0.1) is 6.92 Å². The monoisotopic (exact) mass is 263 g/mol. The van der Waals surface area contributed by atoms with Crippen molar-refractivity contribution >= 4 is 17.5 Å². The van der Waals surface area contributed by atoms with Gasteiger partial charge in [-0.25, -0.2) is 0 Å². The molecule has 104 valence electrons. The van der Waals surface area contributed by atoms with Gasteiger partial charge in [-0.1, -0.05) is 19.4 Å². The normalized spacial score (nSPS) is 11.8. The van der Waals surface area contributed by atoms with Crippen LogP contribution in [0.3, 0.4) is 0 Å². The number of anilines is 1. The van der Waals surface area contributed by atoms with Crippen LogP contribution in [0.2, 0.25) is 0 Å². The molecule has 0 aliphatic rings. The Hall–Kier alpha value is -1.88. The highest BCUT2D eigenvalue weighted by Gasteiger charge is 2.15. The second-order valence-electron chi connectivity index (χ2n) is 4.44. The molecule has 1 rings (SSSR count). The summed E-state index contributed by atoms with van der Waals surface area (Å²) >= 11 is 0. The predicted octanol–water partition coefficient (Wildman–Crippen LogP) is 1.42. The van der Waals surface area contributed by atoms with Gasteiger partial charge in [-0.05, 0) is 31.0 Å². The molecule has 0 aromatic heterocycles. The lowest BCUT2D eigenvalue weighted by Crippen LogP contribution is -2.35. The van der Waals surface area contributed by atoms with E-state index in [2.05, 4.69) is 10.6 Å². The highest BCUT2D eigenvalue weighted by atomic mass is 16.2. The molecule has 0 aliphatic heterocycles. The lowest BCUT2D eigenvalue weighted by molar-refractivity contribution is -0.117. The zero-order valence-corrected chi connectivity index (χ0v) is 11.6. The van der Waals surface area contributed by atoms with Gasteiger partial charge in [-0.15, -0.1) is 0 Å². The fourth-order valence-electron chi connectivity index (χ4n) is 1.82. The number of hydrogen-bond donors (Lipinski definition) is 3. The zero-order chi connectivity index (χ0) is 14.4. The van der Waals surface area contributed by atoms with Gasteiger partial charge in [-0.3, -0.25) is 9.59 Å². The molecular weight excluding hydrogens is 242 g/mol. The number of nitrogens with two attached hydrogens (primary N) is 1. The van der Waals surface area contributed by atoms with Crippen LogP contribution in [0.5, 0.6) is 0 Å². The molecule has 1 atom stereocenters. The largest absolute Gasteiger partial charge is 0.355 e. The van der Waals surface area contributed by atoms with Crippen molar-refractivity contribution in [3.8, 4) is 0 Å². The first-order chi connectivity index (χ1) is 9.01. The minimum atomic E-state index is -0.520. The minimum Gasteiger partial charge on any atom is -0.355 e. The maximum atomic E-state index is 11.9.